The molecule has 1 aliphatic rings. The van der Waals surface area contributed by atoms with E-state index in [9.17, 15) is 0 Å². The third-order valence-corrected chi connectivity index (χ3v) is 4.70. The molecule has 0 saturated carbocycles. The molecule has 0 bridgehead atoms. The highest BCUT2D eigenvalue weighted by Gasteiger charge is 2.52. The van der Waals surface area contributed by atoms with Gasteiger partial charge in [0.15, 0.2) is 0 Å². The van der Waals surface area contributed by atoms with Crippen molar-refractivity contribution in [3.05, 3.63) is 28.8 Å². The summed E-state index contributed by atoms with van der Waals surface area (Å²) in [6.45, 7) is 10.6. The van der Waals surface area contributed by atoms with Crippen molar-refractivity contribution in [1.29, 1.82) is 0 Å². The Morgan fingerprint density at radius 2 is 1.78 bits per heavy atom. The van der Waals surface area contributed by atoms with Crippen LogP contribution < -0.4 is 10.5 Å². The fraction of sp³-hybridized carbons (Fsp3) is 0.625. The predicted octanol–water partition coefficient (Wildman–Crippen LogP) is 3.80. The van der Waals surface area contributed by atoms with Crippen LogP contribution in [0.1, 0.15) is 39.7 Å². The van der Waals surface area contributed by atoms with Crippen LogP contribution in [0.25, 0.3) is 0 Å². The van der Waals surface area contributed by atoms with E-state index < -0.39 is 7.12 Å². The lowest BCUT2D eigenvalue weighted by Crippen LogP contribution is -2.42. The summed E-state index contributed by atoms with van der Waals surface area (Å²) in [7, 11) is -0.403. The molecule has 1 aromatic carbocycles. The van der Waals surface area contributed by atoms with Crippen LogP contribution in [0.5, 0.6) is 5.75 Å². The second-order valence-electron chi connectivity index (χ2n) is 6.84. The van der Waals surface area contributed by atoms with Gasteiger partial charge < -0.3 is 19.8 Å². The van der Waals surface area contributed by atoms with Crippen molar-refractivity contribution >= 4 is 31.1 Å². The van der Waals surface area contributed by atoms with E-state index in [0.717, 1.165) is 11.3 Å². The standard InChI is InChI=1S/C16H25BClNO3.ClH/c1-11-10-12(18)6-7-13(11)20-9-8-14(19)17-21-15(2,3)16(4,5)22-17;/h6-7,10,14H,8-9,19H2,1-5H3;1H. The summed E-state index contributed by atoms with van der Waals surface area (Å²) in [5.74, 6) is 0.596. The quantitative estimate of drug-likeness (QED) is 0.810. The molecule has 130 valence electrons. The molecule has 1 heterocycles. The lowest BCUT2D eigenvalue weighted by atomic mass is 9.77. The molecule has 1 saturated heterocycles. The summed E-state index contributed by atoms with van der Waals surface area (Å²) in [6, 6.07) is 5.57. The van der Waals surface area contributed by atoms with Gasteiger partial charge in [0.25, 0.3) is 0 Å². The summed E-state index contributed by atoms with van der Waals surface area (Å²) >= 11 is 5.93. The molecule has 1 atom stereocenters. The number of ether oxygens (including phenoxy) is 1. The zero-order valence-corrected chi connectivity index (χ0v) is 16.0. The van der Waals surface area contributed by atoms with Gasteiger partial charge in [-0.15, -0.1) is 12.4 Å². The SMILES string of the molecule is Cc1cc(Cl)ccc1OCCC(N)B1OC(C)(C)C(C)(C)O1.Cl. The molecule has 0 aromatic heterocycles. The number of hydrogen-bond acceptors (Lipinski definition) is 4. The van der Waals surface area contributed by atoms with Crippen LogP contribution in [0.2, 0.25) is 5.02 Å². The average Bonchev–Trinajstić information content (AvgIpc) is 2.61. The molecule has 2 rings (SSSR count). The number of aryl methyl sites for hydroxylation is 1. The lowest BCUT2D eigenvalue weighted by molar-refractivity contribution is 0.00578. The van der Waals surface area contributed by atoms with Gasteiger partial charge in [0.2, 0.25) is 0 Å². The Kier molecular flexibility index (Phi) is 6.82. The molecule has 4 nitrogen and oxygen atoms in total. The van der Waals surface area contributed by atoms with Gasteiger partial charge in [-0.05, 0) is 64.8 Å². The first-order chi connectivity index (χ1) is 10.1. The van der Waals surface area contributed by atoms with Gasteiger partial charge in [0.1, 0.15) is 5.75 Å². The maximum Gasteiger partial charge on any atom is 0.475 e. The van der Waals surface area contributed by atoms with E-state index in [0.29, 0.717) is 18.1 Å². The first-order valence-electron chi connectivity index (χ1n) is 7.62. The molecule has 0 radical (unpaired) electrons. The fourth-order valence-corrected chi connectivity index (χ4v) is 2.51. The van der Waals surface area contributed by atoms with Crippen molar-refractivity contribution in [2.24, 2.45) is 5.73 Å². The van der Waals surface area contributed by atoms with E-state index >= 15 is 0 Å². The Hall–Kier alpha value is -0.455. The zero-order chi connectivity index (χ0) is 16.5. The van der Waals surface area contributed by atoms with Crippen LogP contribution in [-0.4, -0.2) is 30.9 Å². The van der Waals surface area contributed by atoms with Gasteiger partial charge in [-0.25, -0.2) is 0 Å². The molecule has 23 heavy (non-hydrogen) atoms. The maximum absolute atomic E-state index is 6.20. The van der Waals surface area contributed by atoms with Crippen LogP contribution in [0.3, 0.4) is 0 Å². The van der Waals surface area contributed by atoms with Crippen molar-refractivity contribution in [3.8, 4) is 5.75 Å². The summed E-state index contributed by atoms with van der Waals surface area (Å²) in [4.78, 5) is 0. The predicted molar refractivity (Wildman–Crippen MR) is 97.6 cm³/mol. The molecule has 0 aliphatic carbocycles. The molecule has 1 fully saturated rings. The van der Waals surface area contributed by atoms with Gasteiger partial charge in [0.05, 0.1) is 17.8 Å². The van der Waals surface area contributed by atoms with Crippen molar-refractivity contribution < 1.29 is 14.0 Å². The average molecular weight is 362 g/mol. The Morgan fingerprint density at radius 3 is 2.30 bits per heavy atom. The molecule has 0 spiro atoms. The molecule has 2 N–H and O–H groups in total. The van der Waals surface area contributed by atoms with Gasteiger partial charge in [-0.1, -0.05) is 11.6 Å². The normalized spacial score (nSPS) is 20.0. The summed E-state index contributed by atoms with van der Waals surface area (Å²) in [6.07, 6.45) is 0.652. The largest absolute Gasteiger partial charge is 0.493 e. The van der Waals surface area contributed by atoms with Crippen LogP contribution in [0, 0.1) is 6.92 Å². The minimum absolute atomic E-state index is 0. The minimum Gasteiger partial charge on any atom is -0.493 e. The Bertz CT molecular complexity index is 524. The van der Waals surface area contributed by atoms with Crippen LogP contribution in [0.15, 0.2) is 18.2 Å². The third kappa shape index (κ3) is 4.77. The van der Waals surface area contributed by atoms with Crippen LogP contribution >= 0.6 is 24.0 Å². The molecular formula is C16H26BCl2NO3. The summed E-state index contributed by atoms with van der Waals surface area (Å²) in [5.41, 5.74) is 6.49. The summed E-state index contributed by atoms with van der Waals surface area (Å²) < 4.78 is 17.7. The van der Waals surface area contributed by atoms with E-state index in [1.807, 2.05) is 52.8 Å². The Labute approximate surface area is 150 Å². The second kappa shape index (κ2) is 7.62. The first-order valence-corrected chi connectivity index (χ1v) is 8.00. The third-order valence-electron chi connectivity index (χ3n) is 4.47. The number of hydrogen-bond donors (Lipinski definition) is 1. The first kappa shape index (κ1) is 20.6. The second-order valence-corrected chi connectivity index (χ2v) is 7.27. The lowest BCUT2D eigenvalue weighted by Gasteiger charge is -2.32. The summed E-state index contributed by atoms with van der Waals surface area (Å²) in [5, 5.41) is 0.707. The number of benzene rings is 1. The van der Waals surface area contributed by atoms with E-state index in [1.165, 1.54) is 0 Å². The van der Waals surface area contributed by atoms with Crippen LogP contribution in [-0.2, 0) is 9.31 Å². The Morgan fingerprint density at radius 1 is 1.22 bits per heavy atom. The molecule has 7 heteroatoms. The van der Waals surface area contributed by atoms with Crippen molar-refractivity contribution in [1.82, 2.24) is 0 Å². The van der Waals surface area contributed by atoms with Gasteiger partial charge in [-0.2, -0.15) is 0 Å². The van der Waals surface area contributed by atoms with E-state index in [1.54, 1.807) is 0 Å². The van der Waals surface area contributed by atoms with Crippen LogP contribution in [0.4, 0.5) is 0 Å². The van der Waals surface area contributed by atoms with E-state index in [4.69, 9.17) is 31.4 Å². The van der Waals surface area contributed by atoms with Crippen molar-refractivity contribution in [3.63, 3.8) is 0 Å². The monoisotopic (exact) mass is 361 g/mol. The molecular weight excluding hydrogens is 336 g/mol. The molecule has 0 amide bonds. The van der Waals surface area contributed by atoms with E-state index in [2.05, 4.69) is 0 Å². The highest BCUT2D eigenvalue weighted by atomic mass is 35.5. The topological polar surface area (TPSA) is 53.7 Å². The zero-order valence-electron chi connectivity index (χ0n) is 14.4. The number of rotatable bonds is 5. The van der Waals surface area contributed by atoms with Crippen molar-refractivity contribution in [2.75, 3.05) is 6.61 Å². The van der Waals surface area contributed by atoms with Gasteiger partial charge in [-0.3, -0.25) is 0 Å². The smallest absolute Gasteiger partial charge is 0.475 e. The highest BCUT2D eigenvalue weighted by molar-refractivity contribution is 6.47. The molecule has 1 aliphatic heterocycles. The number of nitrogens with two attached hydrogens (primary N) is 1. The van der Waals surface area contributed by atoms with Gasteiger partial charge in [0, 0.05) is 11.0 Å². The molecule has 1 unspecified atom stereocenters. The van der Waals surface area contributed by atoms with Gasteiger partial charge >= 0.3 is 7.12 Å². The minimum atomic E-state index is -0.403. The highest BCUT2D eigenvalue weighted by Crippen LogP contribution is 2.37. The number of halogens is 2. The molecule has 1 aromatic rings. The Balaban J connectivity index is 0.00000264. The maximum atomic E-state index is 6.20. The fourth-order valence-electron chi connectivity index (χ4n) is 2.28. The van der Waals surface area contributed by atoms with Crippen molar-refractivity contribution in [2.45, 2.75) is 58.2 Å². The van der Waals surface area contributed by atoms with E-state index in [-0.39, 0.29) is 29.6 Å².